The third-order valence-corrected chi connectivity index (χ3v) is 2.58. The topological polar surface area (TPSA) is 60.8 Å². The Labute approximate surface area is 78.2 Å². The number of rotatable bonds is 3. The number of carboxylic acid groups (broad SMARTS) is 1. The smallest absolute Gasteiger partial charge is 0.317 e. The number of likely N-dealkylation sites (tertiary alicyclic amines) is 1. The Morgan fingerprint density at radius 1 is 1.69 bits per heavy atom. The fraction of sp³-hybridized carbons (Fsp3) is 0.889. The summed E-state index contributed by atoms with van der Waals surface area (Å²) in [6, 6.07) is 0. The van der Waals surface area contributed by atoms with Crippen molar-refractivity contribution >= 4 is 5.97 Å². The summed E-state index contributed by atoms with van der Waals surface area (Å²) in [5, 5.41) is 17.9. The van der Waals surface area contributed by atoms with E-state index in [1.165, 1.54) is 0 Å². The summed E-state index contributed by atoms with van der Waals surface area (Å²) in [6.45, 7) is 3.43. The molecule has 1 saturated heterocycles. The average Bonchev–Trinajstić information content (AvgIpc) is 2.03. The van der Waals surface area contributed by atoms with Crippen molar-refractivity contribution in [2.24, 2.45) is 5.92 Å². The summed E-state index contributed by atoms with van der Waals surface area (Å²) in [4.78, 5) is 12.3. The number of aliphatic hydroxyl groups excluding tert-OH is 1. The van der Waals surface area contributed by atoms with Crippen LogP contribution in [0.3, 0.4) is 0 Å². The monoisotopic (exact) mass is 187 g/mol. The molecule has 0 aromatic heterocycles. The second-order valence-corrected chi connectivity index (χ2v) is 3.77. The third kappa shape index (κ3) is 3.32. The number of nitrogens with zero attached hydrogens (tertiary/aromatic N) is 1. The molecular formula is C9H17NO3. The molecule has 2 N–H and O–H groups in total. The first-order valence-corrected chi connectivity index (χ1v) is 4.72. The van der Waals surface area contributed by atoms with Crippen molar-refractivity contribution in [1.29, 1.82) is 0 Å². The van der Waals surface area contributed by atoms with E-state index in [1.807, 2.05) is 4.90 Å². The van der Waals surface area contributed by atoms with Gasteiger partial charge in [0.25, 0.3) is 0 Å². The van der Waals surface area contributed by atoms with Gasteiger partial charge in [-0.25, -0.2) is 0 Å². The van der Waals surface area contributed by atoms with Gasteiger partial charge in [0.15, 0.2) is 0 Å². The fourth-order valence-corrected chi connectivity index (χ4v) is 1.82. The molecule has 0 aromatic rings. The predicted molar refractivity (Wildman–Crippen MR) is 48.5 cm³/mol. The van der Waals surface area contributed by atoms with Crippen LogP contribution in [0.5, 0.6) is 0 Å². The Morgan fingerprint density at radius 2 is 2.38 bits per heavy atom. The molecule has 1 rings (SSSR count). The lowest BCUT2D eigenvalue weighted by atomic mass is 9.93. The summed E-state index contributed by atoms with van der Waals surface area (Å²) in [5.41, 5.74) is 0. The van der Waals surface area contributed by atoms with Gasteiger partial charge in [0.2, 0.25) is 0 Å². The highest BCUT2D eigenvalue weighted by atomic mass is 16.4. The largest absolute Gasteiger partial charge is 0.480 e. The molecule has 0 bridgehead atoms. The lowest BCUT2D eigenvalue weighted by molar-refractivity contribution is -0.139. The molecule has 76 valence electrons. The first kappa shape index (κ1) is 10.5. The molecule has 4 heteroatoms. The van der Waals surface area contributed by atoms with E-state index < -0.39 is 5.97 Å². The van der Waals surface area contributed by atoms with E-state index in [4.69, 9.17) is 5.11 Å². The second kappa shape index (κ2) is 4.58. The van der Waals surface area contributed by atoms with Crippen LogP contribution < -0.4 is 0 Å². The third-order valence-electron chi connectivity index (χ3n) is 2.58. The van der Waals surface area contributed by atoms with Gasteiger partial charge in [-0.1, -0.05) is 0 Å². The quantitative estimate of drug-likeness (QED) is 0.661. The number of aliphatic hydroxyl groups is 1. The molecule has 0 aliphatic carbocycles. The fourth-order valence-electron chi connectivity index (χ4n) is 1.82. The number of aliphatic carboxylic acids is 1. The zero-order chi connectivity index (χ0) is 9.84. The van der Waals surface area contributed by atoms with Gasteiger partial charge >= 0.3 is 5.97 Å². The maximum absolute atomic E-state index is 10.4. The van der Waals surface area contributed by atoms with Gasteiger partial charge in [0.05, 0.1) is 12.6 Å². The van der Waals surface area contributed by atoms with Crippen molar-refractivity contribution in [2.45, 2.75) is 25.9 Å². The molecule has 0 spiro atoms. The Bertz CT molecular complexity index is 182. The van der Waals surface area contributed by atoms with Gasteiger partial charge < -0.3 is 10.2 Å². The molecule has 0 aromatic carbocycles. The standard InChI is InChI=1S/C9H17NO3/c1-7(11)8-3-2-4-10(5-8)6-9(12)13/h7-8,11H,2-6H2,1H3,(H,12,13)/t7-,8+/m0/s1. The van der Waals surface area contributed by atoms with Gasteiger partial charge in [0, 0.05) is 6.54 Å². The number of piperidine rings is 1. The Hall–Kier alpha value is -0.610. The highest BCUT2D eigenvalue weighted by Gasteiger charge is 2.24. The minimum absolute atomic E-state index is 0.100. The molecule has 4 nitrogen and oxygen atoms in total. The van der Waals surface area contributed by atoms with Gasteiger partial charge in [-0.3, -0.25) is 9.69 Å². The SMILES string of the molecule is C[C@H](O)[C@@H]1CCCN(CC(=O)O)C1. The molecule has 0 saturated carbocycles. The summed E-state index contributed by atoms with van der Waals surface area (Å²) in [7, 11) is 0. The van der Waals surface area contributed by atoms with Crippen molar-refractivity contribution in [2.75, 3.05) is 19.6 Å². The molecule has 1 heterocycles. The van der Waals surface area contributed by atoms with Gasteiger partial charge in [-0.2, -0.15) is 0 Å². The minimum atomic E-state index is -0.786. The summed E-state index contributed by atoms with van der Waals surface area (Å²) in [5.74, 6) is -0.542. The second-order valence-electron chi connectivity index (χ2n) is 3.77. The predicted octanol–water partition coefficient (Wildman–Crippen LogP) is 0.164. The van der Waals surface area contributed by atoms with Crippen LogP contribution in [-0.2, 0) is 4.79 Å². The lowest BCUT2D eigenvalue weighted by Gasteiger charge is -2.32. The van der Waals surface area contributed by atoms with E-state index in [0.717, 1.165) is 19.4 Å². The van der Waals surface area contributed by atoms with Crippen molar-refractivity contribution in [1.82, 2.24) is 4.90 Å². The molecule has 2 atom stereocenters. The molecule has 1 aliphatic rings. The van der Waals surface area contributed by atoms with Crippen LogP contribution in [0.15, 0.2) is 0 Å². The Morgan fingerprint density at radius 3 is 2.92 bits per heavy atom. The minimum Gasteiger partial charge on any atom is -0.480 e. The average molecular weight is 187 g/mol. The van der Waals surface area contributed by atoms with Crippen molar-refractivity contribution in [3.05, 3.63) is 0 Å². The van der Waals surface area contributed by atoms with Gasteiger partial charge in [-0.05, 0) is 32.2 Å². The highest BCUT2D eigenvalue weighted by Crippen LogP contribution is 2.19. The Kier molecular flexibility index (Phi) is 3.69. The van der Waals surface area contributed by atoms with Crippen molar-refractivity contribution in [3.8, 4) is 0 Å². The molecular weight excluding hydrogens is 170 g/mol. The number of hydrogen-bond acceptors (Lipinski definition) is 3. The van der Waals surface area contributed by atoms with Gasteiger partial charge in [0.1, 0.15) is 0 Å². The van der Waals surface area contributed by atoms with Crippen LogP contribution in [-0.4, -0.2) is 46.8 Å². The van der Waals surface area contributed by atoms with Crippen LogP contribution in [0.2, 0.25) is 0 Å². The first-order chi connectivity index (χ1) is 6.09. The lowest BCUT2D eigenvalue weighted by Crippen LogP contribution is -2.41. The number of carbonyl (C=O) groups is 1. The van der Waals surface area contributed by atoms with Crippen LogP contribution in [0, 0.1) is 5.92 Å². The number of carboxylic acids is 1. The van der Waals surface area contributed by atoms with E-state index in [9.17, 15) is 9.90 Å². The normalized spacial score (nSPS) is 27.1. The summed E-state index contributed by atoms with van der Waals surface area (Å²) in [6.07, 6.45) is 1.67. The summed E-state index contributed by atoms with van der Waals surface area (Å²) >= 11 is 0. The van der Waals surface area contributed by atoms with Crippen LogP contribution in [0.1, 0.15) is 19.8 Å². The molecule has 1 fully saturated rings. The first-order valence-electron chi connectivity index (χ1n) is 4.72. The van der Waals surface area contributed by atoms with Gasteiger partial charge in [-0.15, -0.1) is 0 Å². The molecule has 0 unspecified atom stereocenters. The van der Waals surface area contributed by atoms with E-state index >= 15 is 0 Å². The molecule has 1 aliphatic heterocycles. The Balaban J connectivity index is 2.37. The van der Waals surface area contributed by atoms with Crippen molar-refractivity contribution in [3.63, 3.8) is 0 Å². The zero-order valence-electron chi connectivity index (χ0n) is 7.94. The molecule has 0 amide bonds. The zero-order valence-corrected chi connectivity index (χ0v) is 7.94. The maximum atomic E-state index is 10.4. The van der Waals surface area contributed by atoms with E-state index in [0.29, 0.717) is 6.54 Å². The van der Waals surface area contributed by atoms with Crippen molar-refractivity contribution < 1.29 is 15.0 Å². The van der Waals surface area contributed by atoms with E-state index in [-0.39, 0.29) is 18.6 Å². The summed E-state index contributed by atoms with van der Waals surface area (Å²) < 4.78 is 0. The van der Waals surface area contributed by atoms with E-state index in [2.05, 4.69) is 0 Å². The van der Waals surface area contributed by atoms with Crippen LogP contribution in [0.4, 0.5) is 0 Å². The van der Waals surface area contributed by atoms with Crippen LogP contribution >= 0.6 is 0 Å². The highest BCUT2D eigenvalue weighted by molar-refractivity contribution is 5.69. The van der Waals surface area contributed by atoms with Crippen LogP contribution in [0.25, 0.3) is 0 Å². The maximum Gasteiger partial charge on any atom is 0.317 e. The number of hydrogen-bond donors (Lipinski definition) is 2. The molecule has 13 heavy (non-hydrogen) atoms. The van der Waals surface area contributed by atoms with E-state index in [1.54, 1.807) is 6.92 Å². The molecule has 0 radical (unpaired) electrons.